The SMILES string of the molecule is C=C(CC1=[N+](c2ccccc2)[C@](O)(c2ccccc2)CS1)Nc1ccc(Cl)cc1. The van der Waals surface area contributed by atoms with E-state index in [0.29, 0.717) is 17.2 Å². The van der Waals surface area contributed by atoms with Gasteiger partial charge in [0.1, 0.15) is 5.75 Å². The Hall–Kier alpha value is -2.53. The standard InChI is InChI=1S/C24H22ClN2OS/c1-18(26-21-14-12-20(25)13-15-21)16-23-27(22-10-6-3-7-11-22)24(28,17-29-23)19-8-4-2-5-9-19/h2-15,26,28H,1,16-17H2/q+1/t24-/m1/s1. The van der Waals surface area contributed by atoms with Crippen LogP contribution in [-0.2, 0) is 5.72 Å². The molecule has 0 bridgehead atoms. The molecule has 0 unspecified atom stereocenters. The summed E-state index contributed by atoms with van der Waals surface area (Å²) in [6, 6.07) is 27.4. The summed E-state index contributed by atoms with van der Waals surface area (Å²) >= 11 is 7.63. The number of nitrogens with one attached hydrogen (secondary N) is 1. The zero-order valence-electron chi connectivity index (χ0n) is 15.9. The van der Waals surface area contributed by atoms with E-state index in [0.717, 1.165) is 27.7 Å². The van der Waals surface area contributed by atoms with Crippen molar-refractivity contribution >= 4 is 39.8 Å². The minimum atomic E-state index is -1.11. The summed E-state index contributed by atoms with van der Waals surface area (Å²) in [5.74, 6) is 0.551. The first kappa shape index (κ1) is 19.8. The Balaban J connectivity index is 1.67. The van der Waals surface area contributed by atoms with Gasteiger partial charge in [0.15, 0.2) is 0 Å². The molecule has 0 amide bonds. The average molecular weight is 422 g/mol. The van der Waals surface area contributed by atoms with Gasteiger partial charge in [0.25, 0.3) is 0 Å². The Kier molecular flexibility index (Phi) is 5.76. The maximum absolute atomic E-state index is 11.7. The number of anilines is 1. The molecule has 3 nitrogen and oxygen atoms in total. The Morgan fingerprint density at radius 1 is 1.00 bits per heavy atom. The molecule has 0 radical (unpaired) electrons. The topological polar surface area (TPSA) is 35.3 Å². The molecular weight excluding hydrogens is 400 g/mol. The van der Waals surface area contributed by atoms with Crippen LogP contribution in [-0.4, -0.2) is 20.5 Å². The van der Waals surface area contributed by atoms with Crippen molar-refractivity contribution < 1.29 is 9.68 Å². The van der Waals surface area contributed by atoms with Crippen molar-refractivity contribution in [3.63, 3.8) is 0 Å². The van der Waals surface area contributed by atoms with E-state index in [1.165, 1.54) is 0 Å². The van der Waals surface area contributed by atoms with E-state index in [2.05, 4.69) is 11.9 Å². The molecule has 3 aromatic rings. The molecule has 0 aromatic heterocycles. The molecular formula is C24H22ClN2OS+. The maximum Gasteiger partial charge on any atom is 0.307 e. The van der Waals surface area contributed by atoms with Crippen LogP contribution in [0.4, 0.5) is 11.4 Å². The van der Waals surface area contributed by atoms with Gasteiger partial charge in [-0.3, -0.25) is 0 Å². The fraction of sp³-hybridized carbons (Fsp3) is 0.125. The summed E-state index contributed by atoms with van der Waals surface area (Å²) in [5.41, 5.74) is 2.52. The summed E-state index contributed by atoms with van der Waals surface area (Å²) < 4.78 is 2.03. The van der Waals surface area contributed by atoms with Crippen LogP contribution < -0.4 is 5.32 Å². The maximum atomic E-state index is 11.7. The van der Waals surface area contributed by atoms with Crippen molar-refractivity contribution in [3.05, 3.63) is 108 Å². The van der Waals surface area contributed by atoms with Gasteiger partial charge in [-0.2, -0.15) is 4.58 Å². The predicted molar refractivity (Wildman–Crippen MR) is 123 cm³/mol. The van der Waals surface area contributed by atoms with Gasteiger partial charge in [-0.25, -0.2) is 0 Å². The lowest BCUT2D eigenvalue weighted by atomic mass is 10.0. The van der Waals surface area contributed by atoms with Gasteiger partial charge in [0.2, 0.25) is 10.7 Å². The number of aliphatic hydroxyl groups is 1. The fourth-order valence-electron chi connectivity index (χ4n) is 3.47. The first-order chi connectivity index (χ1) is 14.1. The van der Waals surface area contributed by atoms with Crippen LogP contribution in [0.5, 0.6) is 0 Å². The second kappa shape index (κ2) is 8.46. The second-order valence-electron chi connectivity index (χ2n) is 6.95. The number of hydrogen-bond donors (Lipinski definition) is 2. The van der Waals surface area contributed by atoms with Crippen LogP contribution in [0.2, 0.25) is 5.02 Å². The van der Waals surface area contributed by atoms with Crippen LogP contribution in [0.25, 0.3) is 0 Å². The number of nitrogens with zero attached hydrogens (tertiary/aromatic N) is 1. The van der Waals surface area contributed by atoms with Gasteiger partial charge >= 0.3 is 5.72 Å². The lowest BCUT2D eigenvalue weighted by Gasteiger charge is -2.20. The van der Waals surface area contributed by atoms with Crippen molar-refractivity contribution in [2.24, 2.45) is 0 Å². The third-order valence-corrected chi connectivity index (χ3v) is 6.30. The predicted octanol–water partition coefficient (Wildman–Crippen LogP) is 5.99. The molecule has 1 atom stereocenters. The molecule has 2 N–H and O–H groups in total. The minimum Gasteiger partial charge on any atom is -0.359 e. The number of halogens is 1. The van der Waals surface area contributed by atoms with Gasteiger partial charge in [0.05, 0.1) is 12.0 Å². The van der Waals surface area contributed by atoms with E-state index >= 15 is 0 Å². The van der Waals surface area contributed by atoms with Crippen LogP contribution in [0.3, 0.4) is 0 Å². The van der Waals surface area contributed by atoms with Crippen LogP contribution in [0.1, 0.15) is 12.0 Å². The largest absolute Gasteiger partial charge is 0.359 e. The summed E-state index contributed by atoms with van der Waals surface area (Å²) in [5, 5.41) is 16.8. The van der Waals surface area contributed by atoms with Crippen molar-refractivity contribution in [1.82, 2.24) is 0 Å². The average Bonchev–Trinajstić information content (AvgIpc) is 3.08. The molecule has 0 spiro atoms. The van der Waals surface area contributed by atoms with Crippen LogP contribution in [0.15, 0.2) is 97.2 Å². The molecule has 0 fully saturated rings. The first-order valence-corrected chi connectivity index (χ1v) is 10.7. The van der Waals surface area contributed by atoms with E-state index < -0.39 is 5.72 Å². The molecule has 0 saturated carbocycles. The number of rotatable bonds is 6. The van der Waals surface area contributed by atoms with E-state index in [-0.39, 0.29) is 0 Å². The van der Waals surface area contributed by atoms with E-state index in [1.54, 1.807) is 11.8 Å². The first-order valence-electron chi connectivity index (χ1n) is 9.38. The number of para-hydroxylation sites is 1. The fourth-order valence-corrected chi connectivity index (χ4v) is 4.92. The minimum absolute atomic E-state index is 0.551. The highest BCUT2D eigenvalue weighted by atomic mass is 35.5. The molecule has 1 aliphatic rings. The summed E-state index contributed by atoms with van der Waals surface area (Å²) in [4.78, 5) is 0. The number of allylic oxidation sites excluding steroid dienone is 1. The van der Waals surface area contributed by atoms with E-state index in [9.17, 15) is 5.11 Å². The molecule has 1 aliphatic heterocycles. The number of hydrogen-bond acceptors (Lipinski definition) is 3. The van der Waals surface area contributed by atoms with Crippen molar-refractivity contribution in [3.8, 4) is 0 Å². The van der Waals surface area contributed by atoms with E-state index in [1.807, 2.05) is 89.5 Å². The molecule has 5 heteroatoms. The molecule has 1 heterocycles. The molecule has 29 heavy (non-hydrogen) atoms. The van der Waals surface area contributed by atoms with Gasteiger partial charge in [0, 0.05) is 28.5 Å². The Labute approximate surface area is 180 Å². The smallest absolute Gasteiger partial charge is 0.307 e. The molecule has 0 saturated heterocycles. The van der Waals surface area contributed by atoms with Gasteiger partial charge in [-0.05, 0) is 36.4 Å². The summed E-state index contributed by atoms with van der Waals surface area (Å²) in [6.07, 6.45) is 0.608. The second-order valence-corrected chi connectivity index (χ2v) is 8.43. The van der Waals surface area contributed by atoms with Crippen LogP contribution in [0, 0.1) is 0 Å². The van der Waals surface area contributed by atoms with E-state index in [4.69, 9.17) is 11.6 Å². The molecule has 3 aromatic carbocycles. The number of thioether (sulfide) groups is 1. The summed E-state index contributed by atoms with van der Waals surface area (Å²) in [7, 11) is 0. The quantitative estimate of drug-likeness (QED) is 0.480. The zero-order valence-corrected chi connectivity index (χ0v) is 17.5. The Morgan fingerprint density at radius 3 is 2.28 bits per heavy atom. The molecule has 0 aliphatic carbocycles. The molecule has 4 rings (SSSR count). The van der Waals surface area contributed by atoms with Crippen molar-refractivity contribution in [2.45, 2.75) is 12.1 Å². The zero-order chi connectivity index (χ0) is 20.3. The van der Waals surface area contributed by atoms with Crippen molar-refractivity contribution in [1.29, 1.82) is 0 Å². The van der Waals surface area contributed by atoms with Gasteiger partial charge in [-0.15, -0.1) is 0 Å². The van der Waals surface area contributed by atoms with Crippen LogP contribution >= 0.6 is 23.4 Å². The highest BCUT2D eigenvalue weighted by molar-refractivity contribution is 8.13. The van der Waals surface area contributed by atoms with Gasteiger partial charge < -0.3 is 10.4 Å². The summed E-state index contributed by atoms with van der Waals surface area (Å²) in [6.45, 7) is 4.20. The van der Waals surface area contributed by atoms with Gasteiger partial charge in [-0.1, -0.05) is 66.3 Å². The highest BCUT2D eigenvalue weighted by Gasteiger charge is 2.50. The third-order valence-electron chi connectivity index (χ3n) is 4.84. The Morgan fingerprint density at radius 2 is 1.62 bits per heavy atom. The number of benzene rings is 3. The monoisotopic (exact) mass is 421 g/mol. The Bertz CT molecular complexity index is 1040. The normalized spacial score (nSPS) is 18.7. The highest BCUT2D eigenvalue weighted by Crippen LogP contribution is 2.40. The van der Waals surface area contributed by atoms with Crippen molar-refractivity contribution in [2.75, 3.05) is 11.1 Å². The third kappa shape index (κ3) is 4.25. The lowest BCUT2D eigenvalue weighted by Crippen LogP contribution is -2.37. The lowest BCUT2D eigenvalue weighted by molar-refractivity contribution is -0.593. The molecule has 146 valence electrons.